The topological polar surface area (TPSA) is 32.3 Å². The van der Waals surface area contributed by atoms with E-state index >= 15 is 0 Å². The standard InChI is InChI=1S/C10H18N2O.2ClH/c1-9(13)12-8-2-3-10(12)4-6-11-7-5-10;;/h11H,2-8H2,1H3;2*1H. The molecule has 0 bridgehead atoms. The van der Waals surface area contributed by atoms with Gasteiger partial charge in [-0.05, 0) is 38.8 Å². The summed E-state index contributed by atoms with van der Waals surface area (Å²) in [5.41, 5.74) is 0.233. The Morgan fingerprint density at radius 1 is 1.20 bits per heavy atom. The van der Waals surface area contributed by atoms with Gasteiger partial charge in [0.25, 0.3) is 0 Å². The highest BCUT2D eigenvalue weighted by Gasteiger charge is 2.42. The molecule has 0 saturated carbocycles. The van der Waals surface area contributed by atoms with Gasteiger partial charge in [0.15, 0.2) is 0 Å². The Bertz CT molecular complexity index is 217. The van der Waals surface area contributed by atoms with Crippen LogP contribution in [-0.2, 0) is 4.79 Å². The Labute approximate surface area is 104 Å². The molecule has 1 N–H and O–H groups in total. The maximum absolute atomic E-state index is 11.4. The zero-order valence-electron chi connectivity index (χ0n) is 9.12. The van der Waals surface area contributed by atoms with Gasteiger partial charge in [-0.15, -0.1) is 24.8 Å². The quantitative estimate of drug-likeness (QED) is 0.713. The van der Waals surface area contributed by atoms with Crippen molar-refractivity contribution in [3.05, 3.63) is 0 Å². The molecule has 0 atom stereocenters. The molecule has 0 aromatic carbocycles. The van der Waals surface area contributed by atoms with Crippen LogP contribution in [0.15, 0.2) is 0 Å². The first-order valence-corrected chi connectivity index (χ1v) is 5.24. The van der Waals surface area contributed by atoms with Crippen LogP contribution < -0.4 is 5.32 Å². The van der Waals surface area contributed by atoms with Gasteiger partial charge < -0.3 is 10.2 Å². The van der Waals surface area contributed by atoms with Gasteiger partial charge in [0, 0.05) is 19.0 Å². The van der Waals surface area contributed by atoms with E-state index in [1.54, 1.807) is 6.92 Å². The number of carbonyl (C=O) groups excluding carboxylic acids is 1. The number of halogens is 2. The number of piperidine rings is 1. The number of amides is 1. The molecule has 2 fully saturated rings. The van der Waals surface area contributed by atoms with Crippen LogP contribution in [-0.4, -0.2) is 36.0 Å². The first kappa shape index (κ1) is 15.0. The predicted molar refractivity (Wildman–Crippen MR) is 66.0 cm³/mol. The van der Waals surface area contributed by atoms with Gasteiger partial charge in [-0.1, -0.05) is 0 Å². The van der Waals surface area contributed by atoms with Gasteiger partial charge in [-0.25, -0.2) is 0 Å². The minimum absolute atomic E-state index is 0. The molecule has 0 aliphatic carbocycles. The fourth-order valence-corrected chi connectivity index (χ4v) is 2.84. The van der Waals surface area contributed by atoms with Crippen LogP contribution in [0.5, 0.6) is 0 Å². The fraction of sp³-hybridized carbons (Fsp3) is 0.900. The monoisotopic (exact) mass is 254 g/mol. The van der Waals surface area contributed by atoms with E-state index in [0.29, 0.717) is 0 Å². The van der Waals surface area contributed by atoms with E-state index in [1.807, 2.05) is 0 Å². The SMILES string of the molecule is CC(=O)N1CCCC12CCNCC2.Cl.Cl. The highest BCUT2D eigenvalue weighted by atomic mass is 35.5. The van der Waals surface area contributed by atoms with Crippen LogP contribution in [0, 0.1) is 0 Å². The third-order valence-corrected chi connectivity index (χ3v) is 3.51. The molecule has 2 saturated heterocycles. The first-order valence-electron chi connectivity index (χ1n) is 5.24. The molecule has 90 valence electrons. The lowest BCUT2D eigenvalue weighted by Crippen LogP contribution is -2.52. The second-order valence-corrected chi connectivity index (χ2v) is 4.25. The smallest absolute Gasteiger partial charge is 0.219 e. The summed E-state index contributed by atoms with van der Waals surface area (Å²) in [5, 5.41) is 3.36. The number of nitrogens with zero attached hydrogens (tertiary/aromatic N) is 1. The van der Waals surface area contributed by atoms with Crippen molar-refractivity contribution in [2.45, 2.75) is 38.1 Å². The van der Waals surface area contributed by atoms with Crippen LogP contribution in [0.25, 0.3) is 0 Å². The summed E-state index contributed by atoms with van der Waals surface area (Å²) in [4.78, 5) is 13.5. The van der Waals surface area contributed by atoms with Crippen LogP contribution in [0.1, 0.15) is 32.6 Å². The van der Waals surface area contributed by atoms with E-state index in [4.69, 9.17) is 0 Å². The van der Waals surface area contributed by atoms with E-state index in [2.05, 4.69) is 10.2 Å². The lowest BCUT2D eigenvalue weighted by molar-refractivity contribution is -0.133. The Morgan fingerprint density at radius 3 is 2.33 bits per heavy atom. The first-order chi connectivity index (χ1) is 6.25. The lowest BCUT2D eigenvalue weighted by Gasteiger charge is -2.41. The van der Waals surface area contributed by atoms with Gasteiger partial charge >= 0.3 is 0 Å². The summed E-state index contributed by atoms with van der Waals surface area (Å²) in [5.74, 6) is 0.263. The summed E-state index contributed by atoms with van der Waals surface area (Å²) < 4.78 is 0. The number of nitrogens with one attached hydrogen (secondary N) is 1. The third-order valence-electron chi connectivity index (χ3n) is 3.51. The highest BCUT2D eigenvalue weighted by Crippen LogP contribution is 2.36. The minimum Gasteiger partial charge on any atom is -0.337 e. The average Bonchev–Trinajstić information content (AvgIpc) is 2.50. The van der Waals surface area contributed by atoms with Crippen molar-refractivity contribution in [2.24, 2.45) is 0 Å². The molecule has 2 aliphatic rings. The largest absolute Gasteiger partial charge is 0.337 e. The number of rotatable bonds is 0. The summed E-state index contributed by atoms with van der Waals surface area (Å²) in [7, 11) is 0. The molecule has 0 aromatic rings. The van der Waals surface area contributed by atoms with Gasteiger partial charge in [-0.2, -0.15) is 0 Å². The normalized spacial score (nSPS) is 23.1. The summed E-state index contributed by atoms with van der Waals surface area (Å²) in [6.45, 7) is 4.83. The van der Waals surface area contributed by atoms with Gasteiger partial charge in [0.05, 0.1) is 0 Å². The molecule has 1 spiro atoms. The highest BCUT2D eigenvalue weighted by molar-refractivity contribution is 5.85. The number of carbonyl (C=O) groups is 1. The molecular weight excluding hydrogens is 235 g/mol. The van der Waals surface area contributed by atoms with Crippen LogP contribution in [0.2, 0.25) is 0 Å². The summed E-state index contributed by atoms with van der Waals surface area (Å²) in [6, 6.07) is 0. The molecule has 0 radical (unpaired) electrons. The maximum Gasteiger partial charge on any atom is 0.219 e. The van der Waals surface area contributed by atoms with E-state index < -0.39 is 0 Å². The van der Waals surface area contributed by atoms with Crippen molar-refractivity contribution >= 4 is 30.7 Å². The lowest BCUT2D eigenvalue weighted by atomic mass is 9.86. The summed E-state index contributed by atoms with van der Waals surface area (Å²) >= 11 is 0. The third kappa shape index (κ3) is 2.77. The van der Waals surface area contributed by atoms with Crippen LogP contribution in [0.3, 0.4) is 0 Å². The number of hydrogen-bond acceptors (Lipinski definition) is 2. The van der Waals surface area contributed by atoms with Gasteiger partial charge in [-0.3, -0.25) is 4.79 Å². The molecule has 0 unspecified atom stereocenters. The van der Waals surface area contributed by atoms with Crippen molar-refractivity contribution in [3.63, 3.8) is 0 Å². The molecule has 5 heteroatoms. The maximum atomic E-state index is 11.4. The van der Waals surface area contributed by atoms with Crippen molar-refractivity contribution in [1.82, 2.24) is 10.2 Å². The van der Waals surface area contributed by atoms with Gasteiger partial charge in [0.2, 0.25) is 5.91 Å². The molecular formula is C10H20Cl2N2O. The van der Waals surface area contributed by atoms with Crippen molar-refractivity contribution in [3.8, 4) is 0 Å². The molecule has 3 nitrogen and oxygen atoms in total. The second kappa shape index (κ2) is 5.92. The van der Waals surface area contributed by atoms with Gasteiger partial charge in [0.1, 0.15) is 0 Å². The number of likely N-dealkylation sites (tertiary alicyclic amines) is 1. The average molecular weight is 255 g/mol. The van der Waals surface area contributed by atoms with E-state index in [-0.39, 0.29) is 36.3 Å². The van der Waals surface area contributed by atoms with Crippen LogP contribution >= 0.6 is 24.8 Å². The molecule has 0 aromatic heterocycles. The minimum atomic E-state index is 0. The van der Waals surface area contributed by atoms with Crippen molar-refractivity contribution in [2.75, 3.05) is 19.6 Å². The van der Waals surface area contributed by atoms with E-state index in [0.717, 1.165) is 32.5 Å². The fourth-order valence-electron chi connectivity index (χ4n) is 2.84. The summed E-state index contributed by atoms with van der Waals surface area (Å²) in [6.07, 6.45) is 4.70. The van der Waals surface area contributed by atoms with Crippen LogP contribution in [0.4, 0.5) is 0 Å². The molecule has 2 rings (SSSR count). The van der Waals surface area contributed by atoms with E-state index in [1.165, 1.54) is 12.8 Å². The molecule has 2 heterocycles. The Kier molecular flexibility index (Phi) is 5.93. The second-order valence-electron chi connectivity index (χ2n) is 4.25. The van der Waals surface area contributed by atoms with Crippen molar-refractivity contribution < 1.29 is 4.79 Å². The zero-order chi connectivity index (χ0) is 9.31. The molecule has 2 aliphatic heterocycles. The van der Waals surface area contributed by atoms with Crippen molar-refractivity contribution in [1.29, 1.82) is 0 Å². The van der Waals surface area contributed by atoms with E-state index in [9.17, 15) is 4.79 Å². The Hall–Kier alpha value is 0.01000. The molecule has 15 heavy (non-hydrogen) atoms. The number of hydrogen-bond donors (Lipinski definition) is 1. The molecule has 1 amide bonds. The predicted octanol–water partition coefficient (Wildman–Crippen LogP) is 1.59. The Balaban J connectivity index is 0.000000980. The zero-order valence-corrected chi connectivity index (χ0v) is 10.8. The Morgan fingerprint density at radius 2 is 1.80 bits per heavy atom.